The molecule has 16 heavy (non-hydrogen) atoms. The van der Waals surface area contributed by atoms with Gasteiger partial charge in [0.2, 0.25) is 12.2 Å². The normalized spacial score (nSPS) is 7.81. The summed E-state index contributed by atoms with van der Waals surface area (Å²) in [5.74, 6) is -0.833. The molecular weight excluding hydrogens is 212 g/mol. The van der Waals surface area contributed by atoms with E-state index in [2.05, 4.69) is 9.98 Å². The van der Waals surface area contributed by atoms with E-state index >= 15 is 0 Å². The summed E-state index contributed by atoms with van der Waals surface area (Å²) in [6, 6.07) is 0. The monoisotopic (exact) mass is 228 g/mol. The molecule has 6 heteroatoms. The second kappa shape index (κ2) is 15.7. The second-order valence-electron chi connectivity index (χ2n) is 2.88. The van der Waals surface area contributed by atoms with E-state index in [-0.39, 0.29) is 0 Å². The lowest BCUT2D eigenvalue weighted by Crippen LogP contribution is -1.84. The van der Waals surface area contributed by atoms with Crippen LogP contribution in [0.3, 0.4) is 0 Å². The first-order valence-corrected chi connectivity index (χ1v) is 4.92. The van der Waals surface area contributed by atoms with Crippen molar-refractivity contribution in [3.8, 4) is 0 Å². The van der Waals surface area contributed by atoms with Crippen LogP contribution in [0.4, 0.5) is 0 Å². The molecule has 0 aliphatic rings. The molecule has 0 fully saturated rings. The number of aliphatic imine (C=N–C) groups is 2. The third kappa shape index (κ3) is 29.5. The van der Waals surface area contributed by atoms with Crippen molar-refractivity contribution in [2.24, 2.45) is 9.98 Å². The Morgan fingerprint density at radius 1 is 1.00 bits per heavy atom. The highest BCUT2D eigenvalue weighted by molar-refractivity contribution is 5.62. The van der Waals surface area contributed by atoms with Crippen molar-refractivity contribution in [2.45, 2.75) is 32.6 Å². The molecule has 0 aliphatic carbocycles. The molecule has 0 radical (unpaired) electrons. The maximum atomic E-state index is 9.63. The molecule has 0 aromatic heterocycles. The lowest BCUT2D eigenvalue weighted by molar-refractivity contribution is -0.134. The summed E-state index contributed by atoms with van der Waals surface area (Å²) in [7, 11) is 0. The molecular formula is C10H16N2O4. The van der Waals surface area contributed by atoms with E-state index in [1.165, 1.54) is 12.2 Å². The van der Waals surface area contributed by atoms with Gasteiger partial charge < -0.3 is 5.11 Å². The van der Waals surface area contributed by atoms with E-state index in [1.807, 2.05) is 0 Å². The maximum Gasteiger partial charge on any atom is 0.300 e. The fraction of sp³-hybridized carbons (Fsp3) is 0.700. The highest BCUT2D eigenvalue weighted by atomic mass is 16.4. The molecule has 0 saturated carbocycles. The number of isocyanates is 2. The zero-order valence-electron chi connectivity index (χ0n) is 9.31. The Balaban J connectivity index is 0. The average molecular weight is 228 g/mol. The lowest BCUT2D eigenvalue weighted by Gasteiger charge is -1.93. The van der Waals surface area contributed by atoms with E-state index < -0.39 is 5.97 Å². The van der Waals surface area contributed by atoms with Gasteiger partial charge in [-0.2, -0.15) is 0 Å². The van der Waals surface area contributed by atoms with Crippen LogP contribution in [0.15, 0.2) is 9.98 Å². The number of rotatable bonds is 7. The third-order valence-corrected chi connectivity index (χ3v) is 1.42. The first-order valence-electron chi connectivity index (χ1n) is 4.92. The van der Waals surface area contributed by atoms with Crippen molar-refractivity contribution in [3.05, 3.63) is 0 Å². The molecule has 0 spiro atoms. The number of hydrogen-bond donors (Lipinski definition) is 1. The minimum atomic E-state index is -0.833. The number of nitrogens with zero attached hydrogens (tertiary/aromatic N) is 2. The van der Waals surface area contributed by atoms with E-state index in [4.69, 9.17) is 9.90 Å². The van der Waals surface area contributed by atoms with Gasteiger partial charge in [-0.15, -0.1) is 0 Å². The third-order valence-electron chi connectivity index (χ3n) is 1.42. The van der Waals surface area contributed by atoms with Crippen LogP contribution >= 0.6 is 0 Å². The second-order valence-corrected chi connectivity index (χ2v) is 2.88. The zero-order valence-corrected chi connectivity index (χ0v) is 9.31. The van der Waals surface area contributed by atoms with E-state index in [0.29, 0.717) is 13.1 Å². The summed E-state index contributed by atoms with van der Waals surface area (Å²) in [5.41, 5.74) is 0. The van der Waals surface area contributed by atoms with Crippen LogP contribution in [-0.2, 0) is 14.4 Å². The summed E-state index contributed by atoms with van der Waals surface area (Å²) in [6.07, 6.45) is 6.80. The van der Waals surface area contributed by atoms with Crippen LogP contribution < -0.4 is 0 Å². The number of hydrogen-bond acceptors (Lipinski definition) is 5. The highest BCUT2D eigenvalue weighted by Crippen LogP contribution is 1.99. The van der Waals surface area contributed by atoms with Crippen molar-refractivity contribution in [1.82, 2.24) is 0 Å². The van der Waals surface area contributed by atoms with Gasteiger partial charge in [-0.1, -0.05) is 12.8 Å². The van der Waals surface area contributed by atoms with E-state index in [9.17, 15) is 9.59 Å². The van der Waals surface area contributed by atoms with Gasteiger partial charge in [0.1, 0.15) is 0 Å². The van der Waals surface area contributed by atoms with Crippen LogP contribution in [0, 0.1) is 0 Å². The fourth-order valence-corrected chi connectivity index (χ4v) is 0.827. The van der Waals surface area contributed by atoms with Crippen LogP contribution in [0.5, 0.6) is 0 Å². The predicted octanol–water partition coefficient (Wildman–Crippen LogP) is 1.31. The average Bonchev–Trinajstić information content (AvgIpc) is 2.21. The molecule has 0 bridgehead atoms. The first-order chi connectivity index (χ1) is 7.65. The molecule has 0 saturated heterocycles. The number of unbranched alkanes of at least 4 members (excludes halogenated alkanes) is 3. The molecule has 0 aromatic carbocycles. The molecule has 0 atom stereocenters. The van der Waals surface area contributed by atoms with Crippen LogP contribution in [0.25, 0.3) is 0 Å². The van der Waals surface area contributed by atoms with Gasteiger partial charge in [0, 0.05) is 6.92 Å². The highest BCUT2D eigenvalue weighted by Gasteiger charge is 1.87. The topological polar surface area (TPSA) is 96.2 Å². The molecule has 0 unspecified atom stereocenters. The molecule has 0 amide bonds. The lowest BCUT2D eigenvalue weighted by atomic mass is 10.2. The fourth-order valence-electron chi connectivity index (χ4n) is 0.827. The van der Waals surface area contributed by atoms with Gasteiger partial charge in [0.15, 0.2) is 0 Å². The zero-order chi connectivity index (χ0) is 12.6. The van der Waals surface area contributed by atoms with Gasteiger partial charge in [-0.05, 0) is 12.8 Å². The minimum absolute atomic E-state index is 0.556. The molecule has 0 aliphatic heterocycles. The number of carboxylic acids is 1. The largest absolute Gasteiger partial charge is 0.481 e. The van der Waals surface area contributed by atoms with Crippen LogP contribution in [0.1, 0.15) is 32.6 Å². The molecule has 6 nitrogen and oxygen atoms in total. The Morgan fingerprint density at radius 2 is 1.31 bits per heavy atom. The Hall–Kier alpha value is -1.77. The smallest absolute Gasteiger partial charge is 0.300 e. The van der Waals surface area contributed by atoms with Crippen molar-refractivity contribution >= 4 is 18.1 Å². The van der Waals surface area contributed by atoms with Gasteiger partial charge in [0.05, 0.1) is 13.1 Å². The Kier molecular flexibility index (Phi) is 16.3. The van der Waals surface area contributed by atoms with Gasteiger partial charge >= 0.3 is 0 Å². The summed E-state index contributed by atoms with van der Waals surface area (Å²) < 4.78 is 0. The quantitative estimate of drug-likeness (QED) is 0.403. The molecule has 1 N–H and O–H groups in total. The van der Waals surface area contributed by atoms with Crippen molar-refractivity contribution in [3.63, 3.8) is 0 Å². The standard InChI is InChI=1S/C8H12N2O2.C2H4O2/c11-7-9-5-3-1-2-4-6-10-8-12;1-2(3)4/h1-6H2;1H3,(H,3,4). The Bertz CT molecular complexity index is 240. The van der Waals surface area contributed by atoms with Gasteiger partial charge in [-0.3, -0.25) is 4.79 Å². The van der Waals surface area contributed by atoms with Crippen molar-refractivity contribution in [1.29, 1.82) is 0 Å². The number of carbonyl (C=O) groups excluding carboxylic acids is 2. The van der Waals surface area contributed by atoms with Crippen molar-refractivity contribution < 1.29 is 19.5 Å². The SMILES string of the molecule is CC(=O)O.O=C=NCCCCCCN=C=O. The molecule has 0 heterocycles. The number of aliphatic carboxylic acids is 1. The van der Waals surface area contributed by atoms with E-state index in [0.717, 1.165) is 32.6 Å². The van der Waals surface area contributed by atoms with Gasteiger partial charge in [-0.25, -0.2) is 19.6 Å². The first kappa shape index (κ1) is 16.7. The summed E-state index contributed by atoms with van der Waals surface area (Å²) in [4.78, 5) is 35.1. The Labute approximate surface area is 94.1 Å². The molecule has 0 aromatic rings. The summed E-state index contributed by atoms with van der Waals surface area (Å²) in [5, 5.41) is 7.42. The van der Waals surface area contributed by atoms with Gasteiger partial charge in [0.25, 0.3) is 5.97 Å². The Morgan fingerprint density at radius 3 is 1.56 bits per heavy atom. The predicted molar refractivity (Wildman–Crippen MR) is 57.8 cm³/mol. The maximum absolute atomic E-state index is 9.63. The summed E-state index contributed by atoms with van der Waals surface area (Å²) in [6.45, 7) is 2.20. The number of carbonyl (C=O) groups is 1. The molecule has 90 valence electrons. The van der Waals surface area contributed by atoms with E-state index in [1.54, 1.807) is 0 Å². The number of carboxylic acid groups (broad SMARTS) is 1. The minimum Gasteiger partial charge on any atom is -0.481 e. The van der Waals surface area contributed by atoms with Crippen LogP contribution in [-0.4, -0.2) is 36.3 Å². The summed E-state index contributed by atoms with van der Waals surface area (Å²) >= 11 is 0. The van der Waals surface area contributed by atoms with Crippen LogP contribution in [0.2, 0.25) is 0 Å². The molecule has 0 rings (SSSR count). The van der Waals surface area contributed by atoms with Crippen molar-refractivity contribution in [2.75, 3.05) is 13.1 Å².